The van der Waals surface area contributed by atoms with E-state index >= 15 is 0 Å². The standard InChI is InChI=1S/C8H8ClN/c9-7-4-5-10-8-3-1-2-6(7)8/h4-5H,1-3H2. The molecule has 1 aliphatic carbocycles. The molecule has 0 saturated carbocycles. The molecule has 0 atom stereocenters. The molecule has 0 amide bonds. The molecule has 0 radical (unpaired) electrons. The lowest BCUT2D eigenvalue weighted by molar-refractivity contribution is 0.899. The number of aryl methyl sites for hydroxylation is 1. The minimum atomic E-state index is 0.891. The Morgan fingerprint density at radius 3 is 3.10 bits per heavy atom. The van der Waals surface area contributed by atoms with Crippen molar-refractivity contribution in [2.75, 3.05) is 0 Å². The predicted octanol–water partition coefficient (Wildman–Crippen LogP) is 2.22. The zero-order chi connectivity index (χ0) is 6.97. The first-order valence-electron chi connectivity index (χ1n) is 3.50. The summed E-state index contributed by atoms with van der Waals surface area (Å²) >= 11 is 5.93. The molecule has 52 valence electrons. The van der Waals surface area contributed by atoms with Crippen molar-refractivity contribution in [3.05, 3.63) is 28.5 Å². The van der Waals surface area contributed by atoms with Crippen LogP contribution in [0.5, 0.6) is 0 Å². The van der Waals surface area contributed by atoms with Crippen LogP contribution in [0.1, 0.15) is 17.7 Å². The van der Waals surface area contributed by atoms with Crippen molar-refractivity contribution in [1.29, 1.82) is 0 Å². The average molecular weight is 154 g/mol. The zero-order valence-corrected chi connectivity index (χ0v) is 6.36. The number of pyridine rings is 1. The number of nitrogens with zero attached hydrogens (tertiary/aromatic N) is 1. The number of rotatable bonds is 0. The number of fused-ring (bicyclic) bond motifs is 1. The van der Waals surface area contributed by atoms with Gasteiger partial charge in [0, 0.05) is 16.9 Å². The van der Waals surface area contributed by atoms with Gasteiger partial charge in [-0.25, -0.2) is 0 Å². The molecule has 0 N–H and O–H groups in total. The molecule has 10 heavy (non-hydrogen) atoms. The molecule has 0 saturated heterocycles. The van der Waals surface area contributed by atoms with E-state index in [1.807, 2.05) is 6.07 Å². The lowest BCUT2D eigenvalue weighted by atomic mass is 10.2. The zero-order valence-electron chi connectivity index (χ0n) is 5.60. The Bertz CT molecular complexity index is 257. The summed E-state index contributed by atoms with van der Waals surface area (Å²) in [5.74, 6) is 0. The first-order chi connectivity index (χ1) is 4.88. The van der Waals surface area contributed by atoms with Crippen molar-refractivity contribution in [2.45, 2.75) is 19.3 Å². The molecule has 1 nitrogen and oxygen atoms in total. The van der Waals surface area contributed by atoms with Gasteiger partial charge < -0.3 is 0 Å². The SMILES string of the molecule is Clc1ccnc2c1CCC2. The molecule has 2 rings (SSSR count). The van der Waals surface area contributed by atoms with Crippen molar-refractivity contribution in [3.63, 3.8) is 0 Å². The highest BCUT2D eigenvalue weighted by Gasteiger charge is 2.13. The number of aromatic nitrogens is 1. The Morgan fingerprint density at radius 1 is 1.40 bits per heavy atom. The normalized spacial score (nSPS) is 15.3. The van der Waals surface area contributed by atoms with Gasteiger partial charge in [-0.2, -0.15) is 0 Å². The highest BCUT2D eigenvalue weighted by atomic mass is 35.5. The van der Waals surface area contributed by atoms with Crippen LogP contribution in [0.3, 0.4) is 0 Å². The van der Waals surface area contributed by atoms with Gasteiger partial charge in [0.05, 0.1) is 0 Å². The second kappa shape index (κ2) is 2.24. The lowest BCUT2D eigenvalue weighted by Gasteiger charge is -1.97. The van der Waals surface area contributed by atoms with Gasteiger partial charge in [-0.1, -0.05) is 11.6 Å². The van der Waals surface area contributed by atoms with Crippen LogP contribution in [0.2, 0.25) is 5.02 Å². The molecule has 0 aromatic carbocycles. The van der Waals surface area contributed by atoms with Crippen molar-refractivity contribution in [1.82, 2.24) is 4.98 Å². The maximum atomic E-state index is 5.93. The summed E-state index contributed by atoms with van der Waals surface area (Å²) in [6, 6.07) is 1.87. The molecule has 1 heterocycles. The minimum absolute atomic E-state index is 0.891. The Labute approximate surface area is 65.0 Å². The highest BCUT2D eigenvalue weighted by Crippen LogP contribution is 2.26. The van der Waals surface area contributed by atoms with Crippen LogP contribution in [-0.4, -0.2) is 4.98 Å². The maximum absolute atomic E-state index is 5.93. The molecule has 1 aromatic rings. The summed E-state index contributed by atoms with van der Waals surface area (Å²) in [4.78, 5) is 4.24. The Kier molecular flexibility index (Phi) is 1.38. The molecule has 0 aliphatic heterocycles. The van der Waals surface area contributed by atoms with Gasteiger partial charge in [0.1, 0.15) is 0 Å². The maximum Gasteiger partial charge on any atom is 0.0471 e. The molecule has 1 aliphatic rings. The van der Waals surface area contributed by atoms with E-state index in [1.165, 1.54) is 17.7 Å². The van der Waals surface area contributed by atoms with Gasteiger partial charge >= 0.3 is 0 Å². The first kappa shape index (κ1) is 6.17. The van der Waals surface area contributed by atoms with E-state index in [2.05, 4.69) is 4.98 Å². The smallest absolute Gasteiger partial charge is 0.0471 e. The topological polar surface area (TPSA) is 12.9 Å². The van der Waals surface area contributed by atoms with Gasteiger partial charge in [-0.3, -0.25) is 4.98 Å². The van der Waals surface area contributed by atoms with Crippen molar-refractivity contribution >= 4 is 11.6 Å². The van der Waals surface area contributed by atoms with E-state index in [1.54, 1.807) is 6.20 Å². The van der Waals surface area contributed by atoms with Crippen LogP contribution in [0, 0.1) is 0 Å². The summed E-state index contributed by atoms with van der Waals surface area (Å²) in [7, 11) is 0. The second-order valence-electron chi connectivity index (χ2n) is 2.57. The van der Waals surface area contributed by atoms with Crippen LogP contribution < -0.4 is 0 Å². The summed E-state index contributed by atoms with van der Waals surface area (Å²) in [5.41, 5.74) is 2.47. The van der Waals surface area contributed by atoms with E-state index in [0.717, 1.165) is 17.9 Å². The van der Waals surface area contributed by atoms with Crippen LogP contribution in [0.15, 0.2) is 12.3 Å². The minimum Gasteiger partial charge on any atom is -0.261 e. The summed E-state index contributed by atoms with van der Waals surface area (Å²) < 4.78 is 0. The van der Waals surface area contributed by atoms with E-state index in [4.69, 9.17) is 11.6 Å². The fourth-order valence-corrected chi connectivity index (χ4v) is 1.68. The van der Waals surface area contributed by atoms with Crippen molar-refractivity contribution in [3.8, 4) is 0 Å². The summed E-state index contributed by atoms with van der Waals surface area (Å²) in [6.07, 6.45) is 5.22. The molecular weight excluding hydrogens is 146 g/mol. The second-order valence-corrected chi connectivity index (χ2v) is 2.98. The van der Waals surface area contributed by atoms with Gasteiger partial charge in [0.2, 0.25) is 0 Å². The Balaban J connectivity index is 2.59. The van der Waals surface area contributed by atoms with Crippen molar-refractivity contribution in [2.24, 2.45) is 0 Å². The first-order valence-corrected chi connectivity index (χ1v) is 3.88. The quantitative estimate of drug-likeness (QED) is 0.557. The Morgan fingerprint density at radius 2 is 2.30 bits per heavy atom. The van der Waals surface area contributed by atoms with Crippen LogP contribution in [-0.2, 0) is 12.8 Å². The lowest BCUT2D eigenvalue weighted by Crippen LogP contribution is -1.86. The summed E-state index contributed by atoms with van der Waals surface area (Å²) in [5, 5.41) is 0.891. The molecule has 2 heteroatoms. The molecule has 0 spiro atoms. The largest absolute Gasteiger partial charge is 0.261 e. The third-order valence-electron chi connectivity index (χ3n) is 1.93. The molecule has 1 aromatic heterocycles. The van der Waals surface area contributed by atoms with Crippen molar-refractivity contribution < 1.29 is 0 Å². The number of halogens is 1. The van der Waals surface area contributed by atoms with Crippen LogP contribution >= 0.6 is 11.6 Å². The summed E-state index contributed by atoms with van der Waals surface area (Å²) in [6.45, 7) is 0. The molecule has 0 fully saturated rings. The Hall–Kier alpha value is -0.560. The van der Waals surface area contributed by atoms with Gasteiger partial charge in [0.15, 0.2) is 0 Å². The van der Waals surface area contributed by atoms with E-state index in [0.29, 0.717) is 0 Å². The van der Waals surface area contributed by atoms with Crippen LogP contribution in [0.25, 0.3) is 0 Å². The van der Waals surface area contributed by atoms with E-state index in [9.17, 15) is 0 Å². The molecule has 0 unspecified atom stereocenters. The third kappa shape index (κ3) is 0.816. The number of hydrogen-bond donors (Lipinski definition) is 0. The third-order valence-corrected chi connectivity index (χ3v) is 2.28. The number of hydrogen-bond acceptors (Lipinski definition) is 1. The van der Waals surface area contributed by atoms with Crippen LogP contribution in [0.4, 0.5) is 0 Å². The van der Waals surface area contributed by atoms with E-state index < -0.39 is 0 Å². The molecular formula is C8H8ClN. The van der Waals surface area contributed by atoms with E-state index in [-0.39, 0.29) is 0 Å². The monoisotopic (exact) mass is 153 g/mol. The van der Waals surface area contributed by atoms with Gasteiger partial charge in [-0.15, -0.1) is 0 Å². The fraction of sp³-hybridized carbons (Fsp3) is 0.375. The molecule has 0 bridgehead atoms. The highest BCUT2D eigenvalue weighted by molar-refractivity contribution is 6.31. The average Bonchev–Trinajstić information content (AvgIpc) is 2.36. The fourth-order valence-electron chi connectivity index (χ4n) is 1.42. The van der Waals surface area contributed by atoms with Gasteiger partial charge in [-0.05, 0) is 30.9 Å². The predicted molar refractivity (Wildman–Crippen MR) is 41.3 cm³/mol. The van der Waals surface area contributed by atoms with Gasteiger partial charge in [0.25, 0.3) is 0 Å².